The number of alkyl halides is 6. The second-order valence-electron chi connectivity index (χ2n) is 5.65. The number of carbonyl (C=O) groups is 1. The number of rotatable bonds is 4. The van der Waals surface area contributed by atoms with Crippen LogP contribution in [0.15, 0.2) is 42.5 Å². The van der Waals surface area contributed by atoms with Crippen molar-refractivity contribution < 1.29 is 18.0 Å². The normalized spacial score (nSPS) is 13.2. The number of nitrogens with one attached hydrogen (secondary N) is 2. The Balaban J connectivity index is 2.29. The zero-order chi connectivity index (χ0) is 20.4. The van der Waals surface area contributed by atoms with Crippen molar-refractivity contribution in [1.82, 2.24) is 5.32 Å². The molecule has 0 aliphatic heterocycles. The molecule has 146 valence electrons. The first-order chi connectivity index (χ1) is 12.4. The fourth-order valence-electron chi connectivity index (χ4n) is 2.17. The van der Waals surface area contributed by atoms with Crippen LogP contribution in [0, 0.1) is 6.92 Å². The van der Waals surface area contributed by atoms with Crippen molar-refractivity contribution in [3.8, 4) is 0 Å². The molecule has 10 heteroatoms. The van der Waals surface area contributed by atoms with Gasteiger partial charge in [-0.25, -0.2) is 0 Å². The van der Waals surface area contributed by atoms with E-state index >= 15 is 0 Å². The lowest BCUT2D eigenvalue weighted by atomic mass is 10.1. The molecule has 0 spiro atoms. The molecule has 0 radical (unpaired) electrons. The number of halogens is 7. The Bertz CT molecular complexity index is 838. The summed E-state index contributed by atoms with van der Waals surface area (Å²) in [4.78, 5) is 12.4. The van der Waals surface area contributed by atoms with Gasteiger partial charge in [0.25, 0.3) is 5.91 Å². The van der Waals surface area contributed by atoms with Crippen molar-refractivity contribution in [2.24, 2.45) is 0 Å². The van der Waals surface area contributed by atoms with Gasteiger partial charge in [0.05, 0.1) is 16.3 Å². The summed E-state index contributed by atoms with van der Waals surface area (Å²) in [5.41, 5.74) is 0.0444. The molecule has 0 aliphatic rings. The highest BCUT2D eigenvalue weighted by Crippen LogP contribution is 2.36. The maximum absolute atomic E-state index is 12.9. The molecule has 0 bridgehead atoms. The lowest BCUT2D eigenvalue weighted by molar-refractivity contribution is -0.137. The Labute approximate surface area is 173 Å². The summed E-state index contributed by atoms with van der Waals surface area (Å²) in [5, 5.41) is 4.97. The third-order valence-corrected chi connectivity index (χ3v) is 4.46. The molecule has 27 heavy (non-hydrogen) atoms. The van der Waals surface area contributed by atoms with Crippen molar-refractivity contribution >= 4 is 58.0 Å². The SMILES string of the molecule is Cc1cccc(C(=O)N[C@H](Nc2cc(C(F)(F)F)ccc2Cl)C(Cl)(Cl)Cl)c1. The molecule has 0 saturated carbocycles. The number of hydrogen-bond donors (Lipinski definition) is 2. The summed E-state index contributed by atoms with van der Waals surface area (Å²) in [6, 6.07) is 9.28. The molecule has 0 unspecified atom stereocenters. The van der Waals surface area contributed by atoms with E-state index in [4.69, 9.17) is 46.4 Å². The molecule has 2 N–H and O–H groups in total. The molecule has 2 aromatic rings. The summed E-state index contributed by atoms with van der Waals surface area (Å²) in [6.07, 6.45) is -5.93. The van der Waals surface area contributed by atoms with E-state index in [1.807, 2.05) is 0 Å². The average Bonchev–Trinajstić information content (AvgIpc) is 2.54. The molecule has 2 rings (SSSR count). The zero-order valence-electron chi connectivity index (χ0n) is 13.7. The van der Waals surface area contributed by atoms with E-state index in [0.29, 0.717) is 5.56 Å². The van der Waals surface area contributed by atoms with Gasteiger partial charge in [-0.15, -0.1) is 0 Å². The van der Waals surface area contributed by atoms with Gasteiger partial charge < -0.3 is 10.6 Å². The molecule has 0 aliphatic carbocycles. The highest BCUT2D eigenvalue weighted by molar-refractivity contribution is 6.68. The molecular weight excluding hydrogens is 447 g/mol. The average molecular weight is 460 g/mol. The van der Waals surface area contributed by atoms with Gasteiger partial charge in [0.2, 0.25) is 3.79 Å². The first-order valence-electron chi connectivity index (χ1n) is 7.45. The van der Waals surface area contributed by atoms with Crippen molar-refractivity contribution in [2.75, 3.05) is 5.32 Å². The number of hydrogen-bond acceptors (Lipinski definition) is 2. The quantitative estimate of drug-likeness (QED) is 0.421. The molecule has 2 aromatic carbocycles. The van der Waals surface area contributed by atoms with Gasteiger partial charge >= 0.3 is 6.18 Å². The molecule has 3 nitrogen and oxygen atoms in total. The van der Waals surface area contributed by atoms with Gasteiger partial charge in [0.1, 0.15) is 6.17 Å². The lowest BCUT2D eigenvalue weighted by Crippen LogP contribution is -2.49. The van der Waals surface area contributed by atoms with Crippen molar-refractivity contribution in [3.63, 3.8) is 0 Å². The maximum atomic E-state index is 12.9. The minimum Gasteiger partial charge on any atom is -0.361 e. The fourth-order valence-corrected chi connectivity index (χ4v) is 2.67. The van der Waals surface area contributed by atoms with Crippen LogP contribution in [0.4, 0.5) is 18.9 Å². The van der Waals surface area contributed by atoms with Gasteiger partial charge in [-0.3, -0.25) is 4.79 Å². The van der Waals surface area contributed by atoms with Crippen molar-refractivity contribution in [1.29, 1.82) is 0 Å². The summed E-state index contributed by atoms with van der Waals surface area (Å²) in [5.74, 6) is -0.578. The van der Waals surface area contributed by atoms with Gasteiger partial charge in [-0.2, -0.15) is 13.2 Å². The van der Waals surface area contributed by atoms with Crippen LogP contribution >= 0.6 is 46.4 Å². The van der Waals surface area contributed by atoms with E-state index in [-0.39, 0.29) is 10.7 Å². The lowest BCUT2D eigenvalue weighted by Gasteiger charge is -2.28. The highest BCUT2D eigenvalue weighted by atomic mass is 35.6. The topological polar surface area (TPSA) is 41.1 Å². The Kier molecular flexibility index (Phi) is 6.79. The molecule has 1 atom stereocenters. The summed E-state index contributed by atoms with van der Waals surface area (Å²) in [6.45, 7) is 1.80. The molecule has 0 heterocycles. The predicted octanol–water partition coefficient (Wildman–Crippen LogP) is 6.21. The zero-order valence-corrected chi connectivity index (χ0v) is 16.7. The third kappa shape index (κ3) is 6.07. The number of benzene rings is 2. The van der Waals surface area contributed by atoms with Crippen LogP contribution in [0.1, 0.15) is 21.5 Å². The van der Waals surface area contributed by atoms with Crippen LogP contribution in [0.2, 0.25) is 5.02 Å². The Morgan fingerprint density at radius 3 is 2.30 bits per heavy atom. The predicted molar refractivity (Wildman–Crippen MR) is 103 cm³/mol. The Hall–Kier alpha value is -1.34. The molecule has 0 fully saturated rings. The summed E-state index contributed by atoms with van der Waals surface area (Å²) in [7, 11) is 0. The smallest absolute Gasteiger partial charge is 0.361 e. The molecule has 0 aromatic heterocycles. The number of aryl methyl sites for hydroxylation is 1. The van der Waals surface area contributed by atoms with Crippen LogP contribution in [-0.2, 0) is 6.18 Å². The first-order valence-corrected chi connectivity index (χ1v) is 8.96. The number of carbonyl (C=O) groups excluding carboxylic acids is 1. The number of anilines is 1. The van der Waals surface area contributed by atoms with Crippen LogP contribution in [0.5, 0.6) is 0 Å². The summed E-state index contributed by atoms with van der Waals surface area (Å²) >= 11 is 23.6. The van der Waals surface area contributed by atoms with Crippen LogP contribution in [0.3, 0.4) is 0 Å². The van der Waals surface area contributed by atoms with Crippen LogP contribution in [0.25, 0.3) is 0 Å². The number of amides is 1. The second-order valence-corrected chi connectivity index (χ2v) is 8.43. The minimum absolute atomic E-state index is 0.0351. The Morgan fingerprint density at radius 1 is 1.07 bits per heavy atom. The van der Waals surface area contributed by atoms with E-state index < -0.39 is 27.6 Å². The van der Waals surface area contributed by atoms with E-state index in [0.717, 1.165) is 23.8 Å². The maximum Gasteiger partial charge on any atom is 0.416 e. The summed E-state index contributed by atoms with van der Waals surface area (Å²) < 4.78 is 36.7. The Morgan fingerprint density at radius 2 is 1.74 bits per heavy atom. The largest absolute Gasteiger partial charge is 0.416 e. The van der Waals surface area contributed by atoms with Gasteiger partial charge in [-0.1, -0.05) is 64.1 Å². The second kappa shape index (κ2) is 8.35. The fraction of sp³-hybridized carbons (Fsp3) is 0.235. The van der Waals surface area contributed by atoms with E-state index in [1.165, 1.54) is 0 Å². The van der Waals surface area contributed by atoms with E-state index in [9.17, 15) is 18.0 Å². The minimum atomic E-state index is -4.58. The monoisotopic (exact) mass is 458 g/mol. The third-order valence-electron chi connectivity index (χ3n) is 3.48. The van der Waals surface area contributed by atoms with E-state index in [2.05, 4.69) is 10.6 Å². The van der Waals surface area contributed by atoms with Crippen molar-refractivity contribution in [3.05, 3.63) is 64.2 Å². The standard InChI is InChI=1S/C17H13Cl4F3N2O/c1-9-3-2-4-10(7-9)14(27)26-15(16(19,20)21)25-13-8-11(17(22,23)24)5-6-12(13)18/h2-8,15,25H,1H3,(H,26,27)/t15-/m0/s1. The van der Waals surface area contributed by atoms with Gasteiger partial charge in [0.15, 0.2) is 0 Å². The van der Waals surface area contributed by atoms with Gasteiger partial charge in [0, 0.05) is 5.56 Å². The van der Waals surface area contributed by atoms with E-state index in [1.54, 1.807) is 31.2 Å². The van der Waals surface area contributed by atoms with Gasteiger partial charge in [-0.05, 0) is 37.3 Å². The first kappa shape index (κ1) is 22.0. The highest BCUT2D eigenvalue weighted by Gasteiger charge is 2.36. The molecule has 1 amide bonds. The van der Waals surface area contributed by atoms with Crippen LogP contribution < -0.4 is 10.6 Å². The molecular formula is C17H13Cl4F3N2O. The molecule has 0 saturated heterocycles. The van der Waals surface area contributed by atoms with Crippen LogP contribution in [-0.4, -0.2) is 15.9 Å². The van der Waals surface area contributed by atoms with Crippen molar-refractivity contribution in [2.45, 2.75) is 23.1 Å².